The average Bonchev–Trinajstić information content (AvgIpc) is 2.90. The van der Waals surface area contributed by atoms with E-state index in [1.165, 1.54) is 22.5 Å². The normalized spacial score (nSPS) is 23.2. The zero-order chi connectivity index (χ0) is 23.1. The van der Waals surface area contributed by atoms with Crippen LogP contribution in [0.2, 0.25) is 0 Å². The van der Waals surface area contributed by atoms with E-state index in [-0.39, 0.29) is 40.7 Å². The van der Waals surface area contributed by atoms with Gasteiger partial charge in [-0.3, -0.25) is 9.78 Å². The molecule has 11 heteroatoms. The highest BCUT2D eigenvalue weighted by Gasteiger charge is 2.59. The van der Waals surface area contributed by atoms with E-state index in [0.29, 0.717) is 19.0 Å². The molecule has 3 heterocycles. The Kier molecular flexibility index (Phi) is 4.49. The molecule has 6 nitrogen and oxygen atoms in total. The zero-order valence-electron chi connectivity index (χ0n) is 16.9. The fraction of sp³-hybridized carbons (Fsp3) is 0.429. The van der Waals surface area contributed by atoms with Crippen LogP contribution < -0.4 is 0 Å². The molecule has 1 aromatic carbocycles. The van der Waals surface area contributed by atoms with Gasteiger partial charge in [0, 0.05) is 36.3 Å². The number of carbonyl (C=O) groups is 1. The number of alkyl halides is 3. The number of nitrogens with zero attached hydrogens (tertiary/aromatic N) is 3. The van der Waals surface area contributed by atoms with Gasteiger partial charge in [0.25, 0.3) is 5.91 Å². The molecular formula is C21H19F4N3O3S. The first-order valence-electron chi connectivity index (χ1n) is 10.1. The number of hydrogen-bond donors (Lipinski definition) is 0. The Morgan fingerprint density at radius 2 is 1.81 bits per heavy atom. The van der Waals surface area contributed by atoms with Gasteiger partial charge in [-0.1, -0.05) is 12.1 Å². The topological polar surface area (TPSA) is 70.6 Å². The van der Waals surface area contributed by atoms with E-state index in [1.54, 1.807) is 11.8 Å². The quantitative estimate of drug-likeness (QED) is 0.644. The highest BCUT2D eigenvalue weighted by molar-refractivity contribution is 7.89. The summed E-state index contributed by atoms with van der Waals surface area (Å²) in [5.41, 5.74) is -0.912. The lowest BCUT2D eigenvalue weighted by atomic mass is 9.61. The van der Waals surface area contributed by atoms with Gasteiger partial charge < -0.3 is 4.90 Å². The highest BCUT2D eigenvalue weighted by Crippen LogP contribution is 2.54. The molecule has 1 aromatic heterocycles. The molecule has 32 heavy (non-hydrogen) atoms. The second-order valence-corrected chi connectivity index (χ2v) is 10.7. The van der Waals surface area contributed by atoms with Crippen molar-refractivity contribution in [2.24, 2.45) is 5.41 Å². The number of sulfonamides is 1. The Morgan fingerprint density at radius 3 is 2.44 bits per heavy atom. The van der Waals surface area contributed by atoms with Gasteiger partial charge in [-0.25, -0.2) is 12.8 Å². The number of fused-ring (bicyclic) bond motifs is 1. The molecule has 0 N–H and O–H groups in total. The van der Waals surface area contributed by atoms with Crippen LogP contribution in [0.25, 0.3) is 0 Å². The molecule has 2 aliphatic heterocycles. The Bertz CT molecular complexity index is 1220. The van der Waals surface area contributed by atoms with Crippen LogP contribution in [0.5, 0.6) is 0 Å². The van der Waals surface area contributed by atoms with Gasteiger partial charge in [-0.2, -0.15) is 17.5 Å². The maximum atomic E-state index is 14.0. The SMILES string of the molecule is CC1c2cc(C(F)(F)F)cnc2C(=O)N1C1CC2(C1)CN(S(=O)(=O)c1ccccc1F)C2. The van der Waals surface area contributed by atoms with Gasteiger partial charge in [0.15, 0.2) is 0 Å². The summed E-state index contributed by atoms with van der Waals surface area (Å²) in [6.45, 7) is 2.12. The van der Waals surface area contributed by atoms with E-state index in [2.05, 4.69) is 4.98 Å². The number of carbonyl (C=O) groups excluding carboxylic acids is 1. The Labute approximate surface area is 181 Å². The third-order valence-electron chi connectivity index (χ3n) is 6.76. The van der Waals surface area contributed by atoms with Crippen molar-refractivity contribution < 1.29 is 30.8 Å². The second-order valence-electron chi connectivity index (χ2n) is 8.81. The van der Waals surface area contributed by atoms with Gasteiger partial charge in [0.05, 0.1) is 11.6 Å². The number of hydrogen-bond acceptors (Lipinski definition) is 4. The largest absolute Gasteiger partial charge is 0.417 e. The van der Waals surface area contributed by atoms with Crippen molar-refractivity contribution in [2.75, 3.05) is 13.1 Å². The van der Waals surface area contributed by atoms with Gasteiger partial charge in [-0.05, 0) is 38.0 Å². The summed E-state index contributed by atoms with van der Waals surface area (Å²) >= 11 is 0. The van der Waals surface area contributed by atoms with Crippen LogP contribution in [0.1, 0.15) is 47.4 Å². The van der Waals surface area contributed by atoms with Crippen molar-refractivity contribution in [2.45, 2.75) is 42.9 Å². The summed E-state index contributed by atoms with van der Waals surface area (Å²) in [5.74, 6) is -1.21. The minimum Gasteiger partial charge on any atom is -0.327 e. The first kappa shape index (κ1) is 21.3. The van der Waals surface area contributed by atoms with E-state index in [4.69, 9.17) is 0 Å². The monoisotopic (exact) mass is 469 g/mol. The first-order chi connectivity index (χ1) is 14.9. The van der Waals surface area contributed by atoms with Crippen molar-refractivity contribution in [1.82, 2.24) is 14.2 Å². The summed E-state index contributed by atoms with van der Waals surface area (Å²) in [5, 5.41) is 0. The smallest absolute Gasteiger partial charge is 0.327 e. The van der Waals surface area contributed by atoms with Crippen LogP contribution in [-0.2, 0) is 16.2 Å². The summed E-state index contributed by atoms with van der Waals surface area (Å²) in [6.07, 6.45) is -2.80. The average molecular weight is 469 g/mol. The van der Waals surface area contributed by atoms with Crippen LogP contribution >= 0.6 is 0 Å². The summed E-state index contributed by atoms with van der Waals surface area (Å²) in [4.78, 5) is 17.8. The fourth-order valence-corrected chi connectivity index (χ4v) is 6.85. The lowest BCUT2D eigenvalue weighted by Crippen LogP contribution is -2.67. The zero-order valence-corrected chi connectivity index (χ0v) is 17.8. The number of amides is 1. The molecule has 1 atom stereocenters. The molecule has 1 saturated heterocycles. The number of pyridine rings is 1. The predicted octanol–water partition coefficient (Wildman–Crippen LogP) is 3.61. The molecule has 1 saturated carbocycles. The molecular weight excluding hydrogens is 450 g/mol. The summed E-state index contributed by atoms with van der Waals surface area (Å²) < 4.78 is 79.7. The molecule has 1 spiro atoms. The summed E-state index contributed by atoms with van der Waals surface area (Å²) in [6, 6.07) is 5.42. The van der Waals surface area contributed by atoms with Crippen LogP contribution in [0.15, 0.2) is 41.4 Å². The van der Waals surface area contributed by atoms with Gasteiger partial charge in [0.1, 0.15) is 16.4 Å². The van der Waals surface area contributed by atoms with Crippen LogP contribution in [-0.4, -0.2) is 47.6 Å². The van der Waals surface area contributed by atoms with E-state index in [0.717, 1.165) is 12.1 Å². The predicted molar refractivity (Wildman–Crippen MR) is 104 cm³/mol. The van der Waals surface area contributed by atoms with Crippen molar-refractivity contribution >= 4 is 15.9 Å². The second kappa shape index (κ2) is 6.74. The molecule has 3 aliphatic rings. The number of halogens is 4. The minimum absolute atomic E-state index is 0.0313. The van der Waals surface area contributed by atoms with E-state index < -0.39 is 39.5 Å². The Balaban J connectivity index is 1.28. The van der Waals surface area contributed by atoms with Crippen molar-refractivity contribution in [3.05, 3.63) is 59.2 Å². The van der Waals surface area contributed by atoms with Gasteiger partial charge in [-0.15, -0.1) is 0 Å². The van der Waals surface area contributed by atoms with Crippen molar-refractivity contribution in [3.8, 4) is 0 Å². The van der Waals surface area contributed by atoms with E-state index in [9.17, 15) is 30.8 Å². The lowest BCUT2D eigenvalue weighted by molar-refractivity contribution is -0.137. The van der Waals surface area contributed by atoms with Gasteiger partial charge >= 0.3 is 6.18 Å². The van der Waals surface area contributed by atoms with Crippen LogP contribution in [0.3, 0.4) is 0 Å². The van der Waals surface area contributed by atoms with E-state index in [1.807, 2.05) is 0 Å². The Morgan fingerprint density at radius 1 is 1.16 bits per heavy atom. The minimum atomic E-state index is -4.54. The molecule has 1 amide bonds. The lowest BCUT2D eigenvalue weighted by Gasteiger charge is -2.60. The molecule has 1 unspecified atom stereocenters. The van der Waals surface area contributed by atoms with Gasteiger partial charge in [0.2, 0.25) is 10.0 Å². The molecule has 0 bridgehead atoms. The maximum Gasteiger partial charge on any atom is 0.417 e. The summed E-state index contributed by atoms with van der Waals surface area (Å²) in [7, 11) is -3.94. The Hall–Kier alpha value is -2.53. The number of benzene rings is 1. The van der Waals surface area contributed by atoms with Crippen LogP contribution in [0, 0.1) is 11.2 Å². The standard InChI is InChI=1S/C21H19F4N3O3S/c1-12-15-6-13(21(23,24)25)9-26-18(15)19(29)28(12)14-7-20(8-14)10-27(11-20)32(30,31)17-5-3-2-4-16(17)22/h2-6,9,12,14H,7-8,10-11H2,1H3. The number of rotatable bonds is 3. The van der Waals surface area contributed by atoms with Crippen molar-refractivity contribution in [1.29, 1.82) is 0 Å². The molecule has 2 fully saturated rings. The molecule has 2 aromatic rings. The molecule has 170 valence electrons. The molecule has 5 rings (SSSR count). The van der Waals surface area contributed by atoms with Crippen molar-refractivity contribution in [3.63, 3.8) is 0 Å². The number of aromatic nitrogens is 1. The first-order valence-corrected chi connectivity index (χ1v) is 11.5. The molecule has 1 aliphatic carbocycles. The van der Waals surface area contributed by atoms with E-state index >= 15 is 0 Å². The maximum absolute atomic E-state index is 14.0. The highest BCUT2D eigenvalue weighted by atomic mass is 32.2. The third kappa shape index (κ3) is 3.05. The molecule has 0 radical (unpaired) electrons. The fourth-order valence-electron chi connectivity index (χ4n) is 5.12. The van der Waals surface area contributed by atoms with Crippen LogP contribution in [0.4, 0.5) is 17.6 Å². The third-order valence-corrected chi connectivity index (χ3v) is 8.58.